The molecule has 1 aliphatic rings. The third-order valence-corrected chi connectivity index (χ3v) is 3.82. The van der Waals surface area contributed by atoms with Gasteiger partial charge in [-0.15, -0.1) is 12.4 Å². The van der Waals surface area contributed by atoms with E-state index >= 15 is 0 Å². The molecule has 1 saturated heterocycles. The Morgan fingerprint density at radius 3 is 2.81 bits per heavy atom. The van der Waals surface area contributed by atoms with Gasteiger partial charge in [-0.1, -0.05) is 6.92 Å². The third kappa shape index (κ3) is 4.52. The fourth-order valence-corrected chi connectivity index (χ4v) is 2.70. The molecule has 0 radical (unpaired) electrons. The highest BCUT2D eigenvalue weighted by atomic mass is 35.5. The summed E-state index contributed by atoms with van der Waals surface area (Å²) in [5.41, 5.74) is 5.44. The average Bonchev–Trinajstić information content (AvgIpc) is 2.26. The lowest BCUT2D eigenvalue weighted by Gasteiger charge is -2.31. The van der Waals surface area contributed by atoms with Gasteiger partial charge >= 0.3 is 0 Å². The smallest absolute Gasteiger partial charge is 0.279 e. The zero-order valence-electron chi connectivity index (χ0n) is 9.39. The molecule has 8 heteroatoms. The summed E-state index contributed by atoms with van der Waals surface area (Å²) in [6.45, 7) is 3.89. The first-order valence-electron chi connectivity index (χ1n) is 5.16. The van der Waals surface area contributed by atoms with Crippen LogP contribution in [0.3, 0.4) is 0 Å². The highest BCUT2D eigenvalue weighted by Gasteiger charge is 2.28. The third-order valence-electron chi connectivity index (χ3n) is 2.24. The van der Waals surface area contributed by atoms with E-state index in [-0.39, 0.29) is 18.5 Å². The van der Waals surface area contributed by atoms with Crippen molar-refractivity contribution in [2.24, 2.45) is 5.73 Å². The molecule has 0 spiro atoms. The molecule has 1 unspecified atom stereocenters. The van der Waals surface area contributed by atoms with Crippen molar-refractivity contribution in [1.29, 1.82) is 0 Å². The molecule has 0 aromatic heterocycles. The molecule has 1 rings (SSSR count). The van der Waals surface area contributed by atoms with Crippen LogP contribution >= 0.6 is 12.4 Å². The summed E-state index contributed by atoms with van der Waals surface area (Å²) in [7, 11) is -3.34. The Balaban J connectivity index is 0.00000225. The molecule has 1 aliphatic heterocycles. The number of hydrogen-bond acceptors (Lipinski definition) is 4. The van der Waals surface area contributed by atoms with Crippen molar-refractivity contribution in [2.45, 2.75) is 19.4 Å². The number of morpholine rings is 1. The molecule has 1 atom stereocenters. The number of nitrogens with zero attached hydrogens (tertiary/aromatic N) is 1. The molecule has 0 saturated carbocycles. The standard InChI is InChI=1S/C8H19N3O3S.ClH/c1-2-3-10-15(12,13)11-4-5-14-8(6-9)7-11;/h8,10H,2-7,9H2,1H3;1H. The lowest BCUT2D eigenvalue weighted by atomic mass is 10.3. The van der Waals surface area contributed by atoms with Gasteiger partial charge in [0.25, 0.3) is 10.2 Å². The number of ether oxygens (including phenoxy) is 1. The van der Waals surface area contributed by atoms with Gasteiger partial charge in [0.05, 0.1) is 12.7 Å². The van der Waals surface area contributed by atoms with Gasteiger partial charge in [-0.2, -0.15) is 12.7 Å². The van der Waals surface area contributed by atoms with Gasteiger partial charge in [0.1, 0.15) is 0 Å². The highest BCUT2D eigenvalue weighted by molar-refractivity contribution is 7.87. The SMILES string of the molecule is CCCNS(=O)(=O)N1CCOC(CN)C1.Cl. The van der Waals surface area contributed by atoms with Crippen molar-refractivity contribution in [3.63, 3.8) is 0 Å². The van der Waals surface area contributed by atoms with Crippen LogP contribution in [0.1, 0.15) is 13.3 Å². The molecular weight excluding hydrogens is 254 g/mol. The van der Waals surface area contributed by atoms with Gasteiger partial charge in [-0.3, -0.25) is 0 Å². The Labute approximate surface area is 103 Å². The zero-order valence-corrected chi connectivity index (χ0v) is 11.0. The molecule has 1 fully saturated rings. The molecule has 98 valence electrons. The predicted octanol–water partition coefficient (Wildman–Crippen LogP) is -0.688. The maximum absolute atomic E-state index is 11.7. The second kappa shape index (κ2) is 7.41. The minimum absolute atomic E-state index is 0. The van der Waals surface area contributed by atoms with Gasteiger partial charge in [0.2, 0.25) is 0 Å². The minimum Gasteiger partial charge on any atom is -0.374 e. The minimum atomic E-state index is -3.34. The Morgan fingerprint density at radius 2 is 2.25 bits per heavy atom. The average molecular weight is 274 g/mol. The van der Waals surface area contributed by atoms with Gasteiger partial charge in [0.15, 0.2) is 0 Å². The number of halogens is 1. The number of nitrogens with one attached hydrogen (secondary N) is 1. The maximum atomic E-state index is 11.7. The summed E-state index contributed by atoms with van der Waals surface area (Å²) in [6.07, 6.45) is 0.598. The molecule has 6 nitrogen and oxygen atoms in total. The summed E-state index contributed by atoms with van der Waals surface area (Å²) < 4.78 is 32.7. The normalized spacial score (nSPS) is 22.8. The van der Waals surface area contributed by atoms with E-state index in [1.54, 1.807) is 0 Å². The van der Waals surface area contributed by atoms with Crippen molar-refractivity contribution in [3.05, 3.63) is 0 Å². The van der Waals surface area contributed by atoms with E-state index in [4.69, 9.17) is 10.5 Å². The molecule has 0 amide bonds. The summed E-state index contributed by atoms with van der Waals surface area (Å²) >= 11 is 0. The van der Waals surface area contributed by atoms with Crippen LogP contribution in [0.4, 0.5) is 0 Å². The molecule has 1 heterocycles. The molecule has 0 aliphatic carbocycles. The molecule has 0 aromatic carbocycles. The van der Waals surface area contributed by atoms with Crippen molar-refractivity contribution in [2.75, 3.05) is 32.8 Å². The first-order valence-corrected chi connectivity index (χ1v) is 6.60. The van der Waals surface area contributed by atoms with Crippen LogP contribution in [0, 0.1) is 0 Å². The number of rotatable bonds is 5. The summed E-state index contributed by atoms with van der Waals surface area (Å²) in [5, 5.41) is 0. The van der Waals surface area contributed by atoms with E-state index in [1.807, 2.05) is 6.92 Å². The van der Waals surface area contributed by atoms with Crippen LogP contribution in [-0.4, -0.2) is 51.6 Å². The van der Waals surface area contributed by atoms with Crippen LogP contribution in [0.25, 0.3) is 0 Å². The van der Waals surface area contributed by atoms with Gasteiger partial charge in [-0.25, -0.2) is 4.72 Å². The summed E-state index contributed by atoms with van der Waals surface area (Å²) in [4.78, 5) is 0. The van der Waals surface area contributed by atoms with Gasteiger partial charge in [0, 0.05) is 26.2 Å². The fraction of sp³-hybridized carbons (Fsp3) is 1.00. The fourth-order valence-electron chi connectivity index (χ4n) is 1.38. The van der Waals surface area contributed by atoms with E-state index in [9.17, 15) is 8.42 Å². The van der Waals surface area contributed by atoms with Crippen molar-refractivity contribution in [3.8, 4) is 0 Å². The Kier molecular flexibility index (Phi) is 7.45. The quantitative estimate of drug-likeness (QED) is 0.695. The highest BCUT2D eigenvalue weighted by Crippen LogP contribution is 2.07. The topological polar surface area (TPSA) is 84.7 Å². The Bertz CT molecular complexity index is 286. The van der Waals surface area contributed by atoms with Gasteiger partial charge < -0.3 is 10.5 Å². The van der Waals surface area contributed by atoms with Crippen LogP contribution < -0.4 is 10.5 Å². The Hall–Kier alpha value is 0.0800. The zero-order chi connectivity index (χ0) is 11.3. The molecule has 3 N–H and O–H groups in total. The maximum Gasteiger partial charge on any atom is 0.279 e. The largest absolute Gasteiger partial charge is 0.374 e. The van der Waals surface area contributed by atoms with E-state index < -0.39 is 10.2 Å². The first kappa shape index (κ1) is 16.1. The first-order chi connectivity index (χ1) is 7.10. The molecule has 16 heavy (non-hydrogen) atoms. The Morgan fingerprint density at radius 1 is 1.56 bits per heavy atom. The van der Waals surface area contributed by atoms with Crippen LogP contribution in [0.2, 0.25) is 0 Å². The monoisotopic (exact) mass is 273 g/mol. The number of hydrogen-bond donors (Lipinski definition) is 2. The van der Waals surface area contributed by atoms with Crippen LogP contribution in [-0.2, 0) is 14.9 Å². The number of nitrogens with two attached hydrogens (primary N) is 1. The van der Waals surface area contributed by atoms with Crippen molar-refractivity contribution in [1.82, 2.24) is 9.03 Å². The van der Waals surface area contributed by atoms with E-state index in [0.29, 0.717) is 32.8 Å². The summed E-state index contributed by atoms with van der Waals surface area (Å²) in [5.74, 6) is 0. The molecule has 0 bridgehead atoms. The molecular formula is C8H20ClN3O3S. The van der Waals surface area contributed by atoms with Gasteiger partial charge in [-0.05, 0) is 6.42 Å². The van der Waals surface area contributed by atoms with Crippen LogP contribution in [0.5, 0.6) is 0 Å². The van der Waals surface area contributed by atoms with Crippen molar-refractivity contribution < 1.29 is 13.2 Å². The van der Waals surface area contributed by atoms with Crippen LogP contribution in [0.15, 0.2) is 0 Å². The van der Waals surface area contributed by atoms with E-state index in [1.165, 1.54) is 4.31 Å². The second-order valence-electron chi connectivity index (χ2n) is 3.49. The van der Waals surface area contributed by atoms with E-state index in [2.05, 4.69) is 4.72 Å². The van der Waals surface area contributed by atoms with Crippen molar-refractivity contribution >= 4 is 22.6 Å². The lowest BCUT2D eigenvalue weighted by molar-refractivity contribution is 0.00414. The van der Waals surface area contributed by atoms with E-state index in [0.717, 1.165) is 6.42 Å². The predicted molar refractivity (Wildman–Crippen MR) is 64.8 cm³/mol. The lowest BCUT2D eigenvalue weighted by Crippen LogP contribution is -2.51. The molecule has 0 aromatic rings. The second-order valence-corrected chi connectivity index (χ2v) is 5.24. The summed E-state index contributed by atoms with van der Waals surface area (Å²) in [6, 6.07) is 0.